The summed E-state index contributed by atoms with van der Waals surface area (Å²) in [4.78, 5) is 39.3. The molecule has 7 nitrogen and oxygen atoms in total. The molecule has 178 valence electrons. The lowest BCUT2D eigenvalue weighted by Crippen LogP contribution is -2.61. The Kier molecular flexibility index (Phi) is 7.63. The van der Waals surface area contributed by atoms with Gasteiger partial charge in [0, 0.05) is 17.6 Å². The van der Waals surface area contributed by atoms with Crippen molar-refractivity contribution in [3.63, 3.8) is 0 Å². The first-order valence-electron chi connectivity index (χ1n) is 12.1. The number of fused-ring (bicyclic) bond motifs is 1. The molecule has 1 saturated heterocycles. The Balaban J connectivity index is 1.35. The van der Waals surface area contributed by atoms with E-state index in [0.29, 0.717) is 36.5 Å². The van der Waals surface area contributed by atoms with Gasteiger partial charge in [0.25, 0.3) is 5.91 Å². The lowest BCUT2D eigenvalue weighted by Gasteiger charge is -2.43. The quantitative estimate of drug-likeness (QED) is 0.389. The van der Waals surface area contributed by atoms with Crippen LogP contribution in [-0.4, -0.2) is 47.0 Å². The molecule has 3 aliphatic rings. The molecule has 2 saturated carbocycles. The van der Waals surface area contributed by atoms with Gasteiger partial charge in [-0.1, -0.05) is 37.8 Å². The molecule has 1 aromatic rings. The molecule has 3 unspecified atom stereocenters. The Morgan fingerprint density at radius 1 is 1.09 bits per heavy atom. The van der Waals surface area contributed by atoms with Gasteiger partial charge in [0.05, 0.1) is 25.5 Å². The van der Waals surface area contributed by atoms with E-state index in [2.05, 4.69) is 10.6 Å². The van der Waals surface area contributed by atoms with Crippen molar-refractivity contribution in [1.29, 1.82) is 0 Å². The smallest absolute Gasteiger partial charge is 0.308 e. The normalized spacial score (nSPS) is 26.1. The molecule has 1 heterocycles. The van der Waals surface area contributed by atoms with E-state index in [1.54, 1.807) is 4.90 Å². The fraction of sp³-hybridized carbons (Fsp3) is 0.600. The van der Waals surface area contributed by atoms with Gasteiger partial charge in [0.1, 0.15) is 0 Å². The third kappa shape index (κ3) is 5.54. The number of ether oxygens (including phenoxy) is 1. The summed E-state index contributed by atoms with van der Waals surface area (Å²) in [5.41, 5.74) is 1.55. The Labute approximate surface area is 200 Å². The molecule has 0 radical (unpaired) electrons. The van der Waals surface area contributed by atoms with Crippen molar-refractivity contribution in [2.75, 3.05) is 7.11 Å². The molecule has 1 aromatic carbocycles. The summed E-state index contributed by atoms with van der Waals surface area (Å²) in [5, 5.41) is 6.83. The highest BCUT2D eigenvalue weighted by atomic mass is 32.1. The first-order chi connectivity index (χ1) is 16.0. The topological polar surface area (TPSA) is 87.7 Å². The summed E-state index contributed by atoms with van der Waals surface area (Å²) < 4.78 is 4.87. The van der Waals surface area contributed by atoms with E-state index in [4.69, 9.17) is 17.0 Å². The predicted octanol–water partition coefficient (Wildman–Crippen LogP) is 3.31. The first-order valence-corrected chi connectivity index (χ1v) is 12.5. The summed E-state index contributed by atoms with van der Waals surface area (Å²) in [7, 11) is 1.40. The maximum atomic E-state index is 13.2. The number of rotatable bonds is 5. The summed E-state index contributed by atoms with van der Waals surface area (Å²) in [6.45, 7) is 0.360. The van der Waals surface area contributed by atoms with Gasteiger partial charge < -0.3 is 15.4 Å². The first kappa shape index (κ1) is 23.7. The van der Waals surface area contributed by atoms with Gasteiger partial charge in [-0.3, -0.25) is 19.3 Å². The molecule has 3 fully saturated rings. The lowest BCUT2D eigenvalue weighted by molar-refractivity contribution is -0.149. The third-order valence-electron chi connectivity index (χ3n) is 7.27. The van der Waals surface area contributed by atoms with Crippen molar-refractivity contribution < 1.29 is 19.1 Å². The molecule has 2 aliphatic carbocycles. The number of carbonyl (C=O) groups is 3. The molecule has 0 aromatic heterocycles. The second kappa shape index (κ2) is 10.6. The molecule has 33 heavy (non-hydrogen) atoms. The second-order valence-corrected chi connectivity index (χ2v) is 9.87. The average molecular weight is 472 g/mol. The number of esters is 1. The number of amides is 2. The maximum Gasteiger partial charge on any atom is 0.308 e. The minimum Gasteiger partial charge on any atom is -0.469 e. The number of hydrogen-bond acceptors (Lipinski definition) is 5. The molecule has 0 spiro atoms. The number of hydrogen-bond donors (Lipinski definition) is 2. The molecule has 8 heteroatoms. The molecule has 3 atom stereocenters. The van der Waals surface area contributed by atoms with E-state index >= 15 is 0 Å². The SMILES string of the molecule is COC(=O)C1CCC2C(=O)N(Cc3ccc(C(=O)NC4CCCCCC4)cc3)C(=S)NC2C1. The van der Waals surface area contributed by atoms with Gasteiger partial charge in [-0.2, -0.15) is 0 Å². The zero-order chi connectivity index (χ0) is 23.4. The average Bonchev–Trinajstić information content (AvgIpc) is 3.10. The number of benzene rings is 1. The maximum absolute atomic E-state index is 13.2. The van der Waals surface area contributed by atoms with Crippen LogP contribution in [0.4, 0.5) is 0 Å². The highest BCUT2D eigenvalue weighted by molar-refractivity contribution is 7.80. The van der Waals surface area contributed by atoms with Gasteiger partial charge in [-0.15, -0.1) is 0 Å². The Morgan fingerprint density at radius 3 is 2.45 bits per heavy atom. The van der Waals surface area contributed by atoms with E-state index in [-0.39, 0.29) is 41.7 Å². The van der Waals surface area contributed by atoms with Gasteiger partial charge in [0.15, 0.2) is 5.11 Å². The fourth-order valence-corrected chi connectivity index (χ4v) is 5.64. The number of carbonyl (C=O) groups excluding carboxylic acids is 3. The predicted molar refractivity (Wildman–Crippen MR) is 128 cm³/mol. The summed E-state index contributed by atoms with van der Waals surface area (Å²) in [6, 6.07) is 7.54. The Hall–Kier alpha value is -2.48. The number of thiocarbonyl (C=S) groups is 1. The highest BCUT2D eigenvalue weighted by Gasteiger charge is 2.44. The van der Waals surface area contributed by atoms with Crippen LogP contribution in [-0.2, 0) is 20.9 Å². The van der Waals surface area contributed by atoms with E-state index < -0.39 is 0 Å². The van der Waals surface area contributed by atoms with Gasteiger partial charge in [-0.05, 0) is 62.0 Å². The Morgan fingerprint density at radius 2 is 1.79 bits per heavy atom. The molecular formula is C25H33N3O4S. The molecule has 0 bridgehead atoms. The molecule has 4 rings (SSSR count). The molecule has 2 N–H and O–H groups in total. The van der Waals surface area contributed by atoms with Crippen LogP contribution in [0.15, 0.2) is 24.3 Å². The summed E-state index contributed by atoms with van der Waals surface area (Å²) in [5.74, 6) is -0.642. The highest BCUT2D eigenvalue weighted by Crippen LogP contribution is 2.34. The van der Waals surface area contributed by atoms with Gasteiger partial charge in [0.2, 0.25) is 5.91 Å². The third-order valence-corrected chi connectivity index (χ3v) is 7.61. The van der Waals surface area contributed by atoms with E-state index in [0.717, 1.165) is 18.4 Å². The number of nitrogens with zero attached hydrogens (tertiary/aromatic N) is 1. The van der Waals surface area contributed by atoms with Crippen LogP contribution in [0.5, 0.6) is 0 Å². The van der Waals surface area contributed by atoms with Crippen LogP contribution < -0.4 is 10.6 Å². The van der Waals surface area contributed by atoms with Crippen LogP contribution in [0.2, 0.25) is 0 Å². The second-order valence-electron chi connectivity index (χ2n) is 9.48. The van der Waals surface area contributed by atoms with Crippen molar-refractivity contribution in [1.82, 2.24) is 15.5 Å². The minimum atomic E-state index is -0.223. The molecular weight excluding hydrogens is 438 g/mol. The molecule has 1 aliphatic heterocycles. The Bertz CT molecular complexity index is 895. The monoisotopic (exact) mass is 471 g/mol. The number of methoxy groups -OCH3 is 1. The van der Waals surface area contributed by atoms with Crippen LogP contribution >= 0.6 is 12.2 Å². The van der Waals surface area contributed by atoms with Crippen molar-refractivity contribution in [2.24, 2.45) is 11.8 Å². The van der Waals surface area contributed by atoms with Crippen molar-refractivity contribution >= 4 is 35.1 Å². The van der Waals surface area contributed by atoms with Crippen molar-refractivity contribution in [3.8, 4) is 0 Å². The van der Waals surface area contributed by atoms with Gasteiger partial charge >= 0.3 is 5.97 Å². The van der Waals surface area contributed by atoms with Crippen LogP contribution in [0.3, 0.4) is 0 Å². The van der Waals surface area contributed by atoms with E-state index in [1.165, 1.54) is 32.8 Å². The number of nitrogens with one attached hydrogen (secondary N) is 2. The van der Waals surface area contributed by atoms with Crippen LogP contribution in [0.25, 0.3) is 0 Å². The zero-order valence-electron chi connectivity index (χ0n) is 19.2. The fourth-order valence-electron chi connectivity index (χ4n) is 5.33. The van der Waals surface area contributed by atoms with Gasteiger partial charge in [-0.25, -0.2) is 0 Å². The summed E-state index contributed by atoms with van der Waals surface area (Å²) in [6.07, 6.45) is 8.78. The minimum absolute atomic E-state index is 0.00208. The largest absolute Gasteiger partial charge is 0.469 e. The van der Waals surface area contributed by atoms with E-state index in [1.807, 2.05) is 24.3 Å². The van der Waals surface area contributed by atoms with Crippen LogP contribution in [0.1, 0.15) is 73.7 Å². The van der Waals surface area contributed by atoms with Crippen LogP contribution in [0, 0.1) is 11.8 Å². The zero-order valence-corrected chi connectivity index (χ0v) is 20.0. The van der Waals surface area contributed by atoms with Crippen molar-refractivity contribution in [3.05, 3.63) is 35.4 Å². The standard InChI is InChI=1S/C25H33N3O4S/c1-32-24(31)18-12-13-20-21(14-18)27-25(33)28(23(20)30)15-16-8-10-17(11-9-16)22(29)26-19-6-4-2-3-5-7-19/h8-11,18-21H,2-7,12-15H2,1H3,(H,26,29)(H,27,33). The summed E-state index contributed by atoms with van der Waals surface area (Å²) >= 11 is 5.49. The molecule has 2 amide bonds. The lowest BCUT2D eigenvalue weighted by atomic mass is 9.76. The van der Waals surface area contributed by atoms with Crippen molar-refractivity contribution in [2.45, 2.75) is 76.4 Å². The van der Waals surface area contributed by atoms with E-state index in [9.17, 15) is 14.4 Å².